The number of hydrogen-bond donors (Lipinski definition) is 1. The molecular formula is C17H25ClF2N2O. The molecule has 0 spiro atoms. The summed E-state index contributed by atoms with van der Waals surface area (Å²) in [5, 5.41) is 3.68. The molecule has 2 fully saturated rings. The first-order valence-electron chi connectivity index (χ1n) is 8.18. The van der Waals surface area contributed by atoms with E-state index in [1.165, 1.54) is 32.2 Å². The SMILES string of the molecule is Cl.FC(F)Oc1ccc(CN2CCC(NCC3CC3)CC2)cc1. The van der Waals surface area contributed by atoms with Gasteiger partial charge in [-0.3, -0.25) is 4.90 Å². The van der Waals surface area contributed by atoms with Crippen LogP contribution < -0.4 is 10.1 Å². The maximum atomic E-state index is 12.1. The average Bonchev–Trinajstić information content (AvgIpc) is 3.32. The number of benzene rings is 1. The van der Waals surface area contributed by atoms with Crippen LogP contribution in [0.25, 0.3) is 0 Å². The fourth-order valence-electron chi connectivity index (χ4n) is 2.99. The van der Waals surface area contributed by atoms with Crippen molar-refractivity contribution in [3.05, 3.63) is 29.8 Å². The summed E-state index contributed by atoms with van der Waals surface area (Å²) in [6, 6.07) is 7.64. The van der Waals surface area contributed by atoms with Crippen molar-refractivity contribution in [2.75, 3.05) is 19.6 Å². The third kappa shape index (κ3) is 6.24. The summed E-state index contributed by atoms with van der Waals surface area (Å²) < 4.78 is 28.6. The summed E-state index contributed by atoms with van der Waals surface area (Å²) in [7, 11) is 0. The Bertz CT molecular complexity index is 460. The molecule has 130 valence electrons. The van der Waals surface area contributed by atoms with Crippen molar-refractivity contribution in [2.24, 2.45) is 5.92 Å². The molecule has 0 atom stereocenters. The highest BCUT2D eigenvalue weighted by Crippen LogP contribution is 2.28. The normalized spacial score (nSPS) is 19.6. The van der Waals surface area contributed by atoms with Crippen LogP contribution in [-0.2, 0) is 6.54 Å². The predicted molar refractivity (Wildman–Crippen MR) is 89.3 cm³/mol. The number of nitrogens with zero attached hydrogens (tertiary/aromatic N) is 1. The minimum absolute atomic E-state index is 0. The van der Waals surface area contributed by atoms with Gasteiger partial charge in [0.1, 0.15) is 5.75 Å². The number of likely N-dealkylation sites (tertiary alicyclic amines) is 1. The van der Waals surface area contributed by atoms with Gasteiger partial charge in [-0.05, 0) is 68.9 Å². The van der Waals surface area contributed by atoms with Gasteiger partial charge in [-0.1, -0.05) is 12.1 Å². The molecule has 2 aliphatic rings. The number of nitrogens with one attached hydrogen (secondary N) is 1. The van der Waals surface area contributed by atoms with Crippen LogP contribution in [0, 0.1) is 5.92 Å². The van der Waals surface area contributed by atoms with E-state index in [1.54, 1.807) is 12.1 Å². The van der Waals surface area contributed by atoms with Gasteiger partial charge in [0.05, 0.1) is 0 Å². The molecule has 6 heteroatoms. The molecule has 1 aliphatic carbocycles. The molecule has 0 bridgehead atoms. The number of rotatable bonds is 7. The lowest BCUT2D eigenvalue weighted by molar-refractivity contribution is -0.0498. The van der Waals surface area contributed by atoms with Gasteiger partial charge in [0.2, 0.25) is 0 Å². The highest BCUT2D eigenvalue weighted by Gasteiger charge is 2.24. The summed E-state index contributed by atoms with van der Waals surface area (Å²) in [5.41, 5.74) is 1.14. The Hall–Kier alpha value is -0.910. The van der Waals surface area contributed by atoms with Crippen molar-refractivity contribution < 1.29 is 13.5 Å². The molecule has 1 saturated heterocycles. The Morgan fingerprint density at radius 3 is 2.30 bits per heavy atom. The van der Waals surface area contributed by atoms with E-state index in [-0.39, 0.29) is 18.2 Å². The lowest BCUT2D eigenvalue weighted by atomic mass is 10.0. The second-order valence-electron chi connectivity index (χ2n) is 6.42. The lowest BCUT2D eigenvalue weighted by Crippen LogP contribution is -2.42. The lowest BCUT2D eigenvalue weighted by Gasteiger charge is -2.32. The number of alkyl halides is 2. The van der Waals surface area contributed by atoms with E-state index in [4.69, 9.17) is 0 Å². The highest BCUT2D eigenvalue weighted by atomic mass is 35.5. The van der Waals surface area contributed by atoms with Crippen LogP contribution in [0.5, 0.6) is 5.75 Å². The van der Waals surface area contributed by atoms with Crippen LogP contribution in [0.15, 0.2) is 24.3 Å². The number of halogens is 3. The summed E-state index contributed by atoms with van der Waals surface area (Å²) in [4.78, 5) is 2.43. The van der Waals surface area contributed by atoms with Gasteiger partial charge in [0, 0.05) is 12.6 Å². The Labute approximate surface area is 142 Å². The molecule has 3 nitrogen and oxygen atoms in total. The van der Waals surface area contributed by atoms with Crippen molar-refractivity contribution >= 4 is 12.4 Å². The zero-order valence-electron chi connectivity index (χ0n) is 13.2. The Morgan fingerprint density at radius 1 is 1.09 bits per heavy atom. The first-order valence-corrected chi connectivity index (χ1v) is 8.18. The molecule has 0 unspecified atom stereocenters. The van der Waals surface area contributed by atoms with Crippen molar-refractivity contribution in [1.29, 1.82) is 0 Å². The monoisotopic (exact) mass is 346 g/mol. The predicted octanol–water partition coefficient (Wildman–Crippen LogP) is 3.67. The number of ether oxygens (including phenoxy) is 1. The average molecular weight is 347 g/mol. The molecule has 23 heavy (non-hydrogen) atoms. The number of piperidine rings is 1. The maximum absolute atomic E-state index is 12.1. The van der Waals surface area contributed by atoms with Crippen LogP contribution in [0.4, 0.5) is 8.78 Å². The maximum Gasteiger partial charge on any atom is 0.387 e. The first-order chi connectivity index (χ1) is 10.7. The topological polar surface area (TPSA) is 24.5 Å². The minimum atomic E-state index is -2.76. The molecule has 0 radical (unpaired) electrons. The largest absolute Gasteiger partial charge is 0.435 e. The summed E-state index contributed by atoms with van der Waals surface area (Å²) >= 11 is 0. The summed E-state index contributed by atoms with van der Waals surface area (Å²) in [6.07, 6.45) is 5.19. The second-order valence-corrected chi connectivity index (χ2v) is 6.42. The van der Waals surface area contributed by atoms with Gasteiger partial charge in [0.15, 0.2) is 0 Å². The van der Waals surface area contributed by atoms with E-state index < -0.39 is 6.61 Å². The van der Waals surface area contributed by atoms with E-state index >= 15 is 0 Å². The van der Waals surface area contributed by atoms with Crippen LogP contribution >= 0.6 is 12.4 Å². The molecule has 1 aromatic rings. The quantitative estimate of drug-likeness (QED) is 0.815. The van der Waals surface area contributed by atoms with Crippen molar-refractivity contribution in [3.63, 3.8) is 0 Å². The third-order valence-corrected chi connectivity index (χ3v) is 4.53. The van der Waals surface area contributed by atoms with Crippen molar-refractivity contribution in [3.8, 4) is 5.75 Å². The van der Waals surface area contributed by atoms with Gasteiger partial charge in [-0.25, -0.2) is 0 Å². The number of hydrogen-bond acceptors (Lipinski definition) is 3. The zero-order chi connectivity index (χ0) is 15.4. The minimum Gasteiger partial charge on any atom is -0.435 e. The zero-order valence-corrected chi connectivity index (χ0v) is 14.0. The highest BCUT2D eigenvalue weighted by molar-refractivity contribution is 5.85. The van der Waals surface area contributed by atoms with Crippen LogP contribution in [-0.4, -0.2) is 37.2 Å². The van der Waals surface area contributed by atoms with Crippen LogP contribution in [0.3, 0.4) is 0 Å². The first kappa shape index (κ1) is 18.4. The van der Waals surface area contributed by atoms with Crippen molar-refractivity contribution in [2.45, 2.75) is 44.9 Å². The fraction of sp³-hybridized carbons (Fsp3) is 0.647. The van der Waals surface area contributed by atoms with E-state index in [9.17, 15) is 8.78 Å². The molecule has 1 aromatic carbocycles. The van der Waals surface area contributed by atoms with Gasteiger partial charge in [-0.2, -0.15) is 8.78 Å². The smallest absolute Gasteiger partial charge is 0.387 e. The van der Waals surface area contributed by atoms with Crippen molar-refractivity contribution in [1.82, 2.24) is 10.2 Å². The molecule has 0 aromatic heterocycles. The van der Waals surface area contributed by atoms with Gasteiger partial charge < -0.3 is 10.1 Å². The third-order valence-electron chi connectivity index (χ3n) is 4.53. The van der Waals surface area contributed by atoms with E-state index in [1.807, 2.05) is 12.1 Å². The second kappa shape index (κ2) is 8.81. The van der Waals surface area contributed by atoms with Crippen LogP contribution in [0.2, 0.25) is 0 Å². The van der Waals surface area contributed by atoms with E-state index in [0.29, 0.717) is 6.04 Å². The fourth-order valence-corrected chi connectivity index (χ4v) is 2.99. The molecule has 1 aliphatic heterocycles. The molecule has 0 amide bonds. The molecular weight excluding hydrogens is 322 g/mol. The summed E-state index contributed by atoms with van der Waals surface area (Å²) in [6.45, 7) is 1.50. The molecule has 1 saturated carbocycles. The van der Waals surface area contributed by atoms with Gasteiger partial charge >= 0.3 is 6.61 Å². The Morgan fingerprint density at radius 2 is 1.74 bits per heavy atom. The van der Waals surface area contributed by atoms with Crippen LogP contribution in [0.1, 0.15) is 31.2 Å². The Balaban J connectivity index is 0.00000192. The summed E-state index contributed by atoms with van der Waals surface area (Å²) in [5.74, 6) is 1.16. The molecule has 1 N–H and O–H groups in total. The van der Waals surface area contributed by atoms with E-state index in [0.717, 1.165) is 31.1 Å². The standard InChI is InChI=1S/C17H24F2N2O.ClH/c18-17(19)22-16-5-3-14(4-6-16)12-21-9-7-15(8-10-21)20-11-13-1-2-13;/h3-6,13,15,17,20H,1-2,7-12H2;1H. The van der Waals surface area contributed by atoms with Gasteiger partial charge in [0.25, 0.3) is 0 Å². The van der Waals surface area contributed by atoms with Gasteiger partial charge in [-0.15, -0.1) is 12.4 Å². The Kier molecular flexibility index (Phi) is 7.06. The molecule has 1 heterocycles. The van der Waals surface area contributed by atoms with E-state index in [2.05, 4.69) is 15.0 Å². The molecule has 3 rings (SSSR count).